The average molecular weight is 296 g/mol. The largest absolute Gasteiger partial charge is 0.296 e. The molecule has 0 aliphatic heterocycles. The van der Waals surface area contributed by atoms with Gasteiger partial charge in [0.15, 0.2) is 0 Å². The highest BCUT2D eigenvalue weighted by atomic mass is 79.9. The molecule has 1 fully saturated rings. The van der Waals surface area contributed by atoms with E-state index in [-0.39, 0.29) is 0 Å². The normalized spacial score (nSPS) is 17.6. The van der Waals surface area contributed by atoms with Crippen molar-refractivity contribution in [3.63, 3.8) is 0 Å². The predicted octanol–water partition coefficient (Wildman–Crippen LogP) is 4.60. The summed E-state index contributed by atoms with van der Waals surface area (Å²) in [6.45, 7) is 4.55. The van der Waals surface area contributed by atoms with Crippen LogP contribution in [0, 0.1) is 0 Å². The number of benzene rings is 1. The lowest BCUT2D eigenvalue weighted by molar-refractivity contribution is 0.156. The van der Waals surface area contributed by atoms with Crippen molar-refractivity contribution in [2.24, 2.45) is 0 Å². The van der Waals surface area contributed by atoms with Crippen LogP contribution in [0.15, 0.2) is 28.7 Å². The molecule has 17 heavy (non-hydrogen) atoms. The molecule has 2 heteroatoms. The Morgan fingerprint density at radius 2 is 2.00 bits per heavy atom. The van der Waals surface area contributed by atoms with E-state index >= 15 is 0 Å². The lowest BCUT2D eigenvalue weighted by Crippen LogP contribution is -2.36. The Morgan fingerprint density at radius 3 is 2.65 bits per heavy atom. The Hall–Kier alpha value is -0.340. The van der Waals surface area contributed by atoms with Crippen molar-refractivity contribution in [3.8, 4) is 0 Å². The summed E-state index contributed by atoms with van der Waals surface area (Å²) in [4.78, 5) is 2.64. The summed E-state index contributed by atoms with van der Waals surface area (Å²) < 4.78 is 1.19. The molecule has 1 aromatic carbocycles. The van der Waals surface area contributed by atoms with Gasteiger partial charge < -0.3 is 0 Å². The molecule has 1 nitrogen and oxygen atoms in total. The fourth-order valence-corrected chi connectivity index (χ4v) is 3.26. The van der Waals surface area contributed by atoms with E-state index in [4.69, 9.17) is 0 Å². The molecule has 0 heterocycles. The highest BCUT2D eigenvalue weighted by Crippen LogP contribution is 2.24. The summed E-state index contributed by atoms with van der Waals surface area (Å²) in [5, 5.41) is 0. The van der Waals surface area contributed by atoms with E-state index in [0.717, 1.165) is 19.1 Å². The van der Waals surface area contributed by atoms with Gasteiger partial charge in [-0.05, 0) is 37.1 Å². The number of halogens is 1. The molecule has 1 aliphatic rings. The first-order valence-corrected chi connectivity index (χ1v) is 7.57. The minimum atomic E-state index is 0.813. The highest BCUT2D eigenvalue weighted by Gasteiger charge is 2.19. The SMILES string of the molecule is CCN(Cc1cccc(Br)c1)C1CCCCC1. The second-order valence-electron chi connectivity index (χ2n) is 4.98. The maximum atomic E-state index is 3.55. The van der Waals surface area contributed by atoms with E-state index in [1.807, 2.05) is 0 Å². The monoisotopic (exact) mass is 295 g/mol. The number of nitrogens with zero attached hydrogens (tertiary/aromatic N) is 1. The summed E-state index contributed by atoms with van der Waals surface area (Å²) in [5.41, 5.74) is 1.42. The van der Waals surface area contributed by atoms with Crippen molar-refractivity contribution >= 4 is 15.9 Å². The van der Waals surface area contributed by atoms with E-state index in [2.05, 4.69) is 52.0 Å². The van der Waals surface area contributed by atoms with Crippen LogP contribution in [0.3, 0.4) is 0 Å². The fourth-order valence-electron chi connectivity index (χ4n) is 2.82. The average Bonchev–Trinajstić information content (AvgIpc) is 2.37. The minimum absolute atomic E-state index is 0.813. The smallest absolute Gasteiger partial charge is 0.0236 e. The third-order valence-corrected chi connectivity index (χ3v) is 4.27. The molecule has 0 bridgehead atoms. The van der Waals surface area contributed by atoms with Crippen LogP contribution in [0.4, 0.5) is 0 Å². The van der Waals surface area contributed by atoms with Gasteiger partial charge in [-0.2, -0.15) is 0 Å². The van der Waals surface area contributed by atoms with Gasteiger partial charge in [0, 0.05) is 17.1 Å². The quantitative estimate of drug-likeness (QED) is 0.784. The lowest BCUT2D eigenvalue weighted by Gasteiger charge is -2.33. The first-order valence-electron chi connectivity index (χ1n) is 6.78. The van der Waals surface area contributed by atoms with Gasteiger partial charge in [-0.1, -0.05) is 54.2 Å². The van der Waals surface area contributed by atoms with Gasteiger partial charge >= 0.3 is 0 Å². The molecule has 0 amide bonds. The van der Waals surface area contributed by atoms with Gasteiger partial charge in [0.2, 0.25) is 0 Å². The van der Waals surface area contributed by atoms with Gasteiger partial charge in [0.05, 0.1) is 0 Å². The maximum Gasteiger partial charge on any atom is 0.0236 e. The highest BCUT2D eigenvalue weighted by molar-refractivity contribution is 9.10. The first kappa shape index (κ1) is 13.1. The number of hydrogen-bond donors (Lipinski definition) is 0. The zero-order valence-corrected chi connectivity index (χ0v) is 12.2. The molecule has 1 aliphatic carbocycles. The number of rotatable bonds is 4. The fraction of sp³-hybridized carbons (Fsp3) is 0.600. The van der Waals surface area contributed by atoms with Crippen LogP contribution in [-0.4, -0.2) is 17.5 Å². The van der Waals surface area contributed by atoms with Crippen LogP contribution < -0.4 is 0 Å². The van der Waals surface area contributed by atoms with Gasteiger partial charge in [-0.3, -0.25) is 4.90 Å². The van der Waals surface area contributed by atoms with Crippen LogP contribution >= 0.6 is 15.9 Å². The van der Waals surface area contributed by atoms with E-state index in [0.29, 0.717) is 0 Å². The van der Waals surface area contributed by atoms with Crippen LogP contribution in [-0.2, 0) is 6.54 Å². The second kappa shape index (κ2) is 6.55. The Morgan fingerprint density at radius 1 is 1.24 bits per heavy atom. The Balaban J connectivity index is 1.98. The van der Waals surface area contributed by atoms with E-state index in [1.54, 1.807) is 0 Å². The summed E-state index contributed by atoms with van der Waals surface area (Å²) in [7, 11) is 0. The van der Waals surface area contributed by atoms with Crippen molar-refractivity contribution in [2.45, 2.75) is 51.6 Å². The molecule has 0 aromatic heterocycles. The van der Waals surface area contributed by atoms with Crippen molar-refractivity contribution in [1.29, 1.82) is 0 Å². The summed E-state index contributed by atoms with van der Waals surface area (Å²) in [5.74, 6) is 0. The van der Waals surface area contributed by atoms with E-state index in [9.17, 15) is 0 Å². The molecular formula is C15H22BrN. The molecule has 2 rings (SSSR count). The van der Waals surface area contributed by atoms with E-state index < -0.39 is 0 Å². The number of hydrogen-bond acceptors (Lipinski definition) is 1. The molecule has 0 spiro atoms. The summed E-state index contributed by atoms with van der Waals surface area (Å²) in [6.07, 6.45) is 7.05. The molecule has 0 unspecified atom stereocenters. The maximum absolute atomic E-state index is 3.55. The van der Waals surface area contributed by atoms with Gasteiger partial charge in [0.25, 0.3) is 0 Å². The Kier molecular flexibility index (Phi) is 5.05. The third-order valence-electron chi connectivity index (χ3n) is 3.77. The van der Waals surface area contributed by atoms with Crippen molar-refractivity contribution < 1.29 is 0 Å². The van der Waals surface area contributed by atoms with Crippen molar-refractivity contribution in [2.75, 3.05) is 6.54 Å². The van der Waals surface area contributed by atoms with Crippen LogP contribution in [0.1, 0.15) is 44.6 Å². The molecule has 0 atom stereocenters. The van der Waals surface area contributed by atoms with Crippen LogP contribution in [0.25, 0.3) is 0 Å². The molecule has 0 N–H and O–H groups in total. The lowest BCUT2D eigenvalue weighted by atomic mass is 9.94. The summed E-state index contributed by atoms with van der Waals surface area (Å²) >= 11 is 3.55. The molecule has 0 radical (unpaired) electrons. The van der Waals surface area contributed by atoms with Crippen molar-refractivity contribution in [1.82, 2.24) is 4.90 Å². The van der Waals surface area contributed by atoms with Crippen LogP contribution in [0.2, 0.25) is 0 Å². The van der Waals surface area contributed by atoms with Crippen molar-refractivity contribution in [3.05, 3.63) is 34.3 Å². The van der Waals surface area contributed by atoms with Gasteiger partial charge in [-0.25, -0.2) is 0 Å². The van der Waals surface area contributed by atoms with Gasteiger partial charge in [0.1, 0.15) is 0 Å². The molecule has 0 saturated heterocycles. The molecule has 94 valence electrons. The second-order valence-corrected chi connectivity index (χ2v) is 5.90. The Labute approximate surface area is 113 Å². The third kappa shape index (κ3) is 3.82. The minimum Gasteiger partial charge on any atom is -0.296 e. The van der Waals surface area contributed by atoms with Crippen LogP contribution in [0.5, 0.6) is 0 Å². The topological polar surface area (TPSA) is 3.24 Å². The summed E-state index contributed by atoms with van der Waals surface area (Å²) in [6, 6.07) is 9.52. The van der Waals surface area contributed by atoms with Gasteiger partial charge in [-0.15, -0.1) is 0 Å². The first-order chi connectivity index (χ1) is 8.29. The zero-order valence-electron chi connectivity index (χ0n) is 10.7. The molecular weight excluding hydrogens is 274 g/mol. The Bertz CT molecular complexity index is 345. The standard InChI is InChI=1S/C15H22BrN/c1-2-17(15-9-4-3-5-10-15)12-13-7-6-8-14(16)11-13/h6-8,11,15H,2-5,9-10,12H2,1H3. The molecule has 1 saturated carbocycles. The van der Waals surface area contributed by atoms with E-state index in [1.165, 1.54) is 42.1 Å². The molecule has 1 aromatic rings. The predicted molar refractivity (Wildman–Crippen MR) is 77.1 cm³/mol. The zero-order chi connectivity index (χ0) is 12.1.